The van der Waals surface area contributed by atoms with E-state index in [1.54, 1.807) is 4.90 Å². The molecule has 0 aliphatic carbocycles. The molecular weight excluding hydrogens is 368 g/mol. The number of hydrogen-bond donors (Lipinski definition) is 0. The number of benzene rings is 1. The molecule has 148 valence electrons. The third-order valence-corrected chi connectivity index (χ3v) is 6.99. The van der Waals surface area contributed by atoms with Crippen LogP contribution < -0.4 is 0 Å². The summed E-state index contributed by atoms with van der Waals surface area (Å²) in [6.45, 7) is 2.20. The van der Waals surface area contributed by atoms with Crippen LogP contribution in [0.1, 0.15) is 48.9 Å². The highest BCUT2D eigenvalue weighted by molar-refractivity contribution is 7.89. The minimum atomic E-state index is -3.52. The quantitative estimate of drug-likeness (QED) is 0.714. The summed E-state index contributed by atoms with van der Waals surface area (Å²) in [5.74, 6) is -0.811. The maximum Gasteiger partial charge on any atom is 0.338 e. The van der Waals surface area contributed by atoms with E-state index in [9.17, 15) is 18.0 Å². The molecule has 1 aromatic carbocycles. The maximum atomic E-state index is 12.6. The highest BCUT2D eigenvalue weighted by Crippen LogP contribution is 2.21. The molecule has 27 heavy (non-hydrogen) atoms. The Hall–Kier alpha value is -1.93. The van der Waals surface area contributed by atoms with E-state index in [0.29, 0.717) is 26.2 Å². The molecule has 2 aliphatic rings. The predicted octanol–water partition coefficient (Wildman–Crippen LogP) is 2.03. The molecule has 2 aliphatic heterocycles. The highest BCUT2D eigenvalue weighted by Gasteiger charge is 2.26. The predicted molar refractivity (Wildman–Crippen MR) is 99.8 cm³/mol. The van der Waals surface area contributed by atoms with E-state index in [1.807, 2.05) is 0 Å². The SMILES string of the molecule is O=C(OCC(=O)N1CCCCC1)c1ccc(S(=O)(=O)N2CCCCC2)cc1. The van der Waals surface area contributed by atoms with E-state index in [-0.39, 0.29) is 23.0 Å². The number of likely N-dealkylation sites (tertiary alicyclic amines) is 1. The topological polar surface area (TPSA) is 84.0 Å². The van der Waals surface area contributed by atoms with E-state index in [2.05, 4.69) is 0 Å². The molecular formula is C19H26N2O5S. The van der Waals surface area contributed by atoms with Crippen LogP contribution >= 0.6 is 0 Å². The zero-order chi connectivity index (χ0) is 19.3. The number of nitrogens with zero attached hydrogens (tertiary/aromatic N) is 2. The number of esters is 1. The third-order valence-electron chi connectivity index (χ3n) is 5.08. The van der Waals surface area contributed by atoms with Gasteiger partial charge in [0.05, 0.1) is 10.5 Å². The normalized spacial score (nSPS) is 18.9. The fourth-order valence-electron chi connectivity index (χ4n) is 3.46. The Morgan fingerprint density at radius 3 is 2.00 bits per heavy atom. The van der Waals surface area contributed by atoms with E-state index >= 15 is 0 Å². The van der Waals surface area contributed by atoms with Gasteiger partial charge in [-0.2, -0.15) is 4.31 Å². The minimum absolute atomic E-state index is 0.172. The number of hydrogen-bond acceptors (Lipinski definition) is 5. The van der Waals surface area contributed by atoms with Gasteiger partial charge in [0.25, 0.3) is 5.91 Å². The van der Waals surface area contributed by atoms with Crippen LogP contribution in [0.3, 0.4) is 0 Å². The second kappa shape index (κ2) is 8.84. The molecule has 2 fully saturated rings. The van der Waals surface area contributed by atoms with Crippen LogP contribution in [-0.4, -0.2) is 62.3 Å². The zero-order valence-corrected chi connectivity index (χ0v) is 16.2. The molecule has 0 saturated carbocycles. The van der Waals surface area contributed by atoms with Crippen LogP contribution in [0, 0.1) is 0 Å². The zero-order valence-electron chi connectivity index (χ0n) is 15.4. The van der Waals surface area contributed by atoms with Gasteiger partial charge < -0.3 is 9.64 Å². The van der Waals surface area contributed by atoms with Gasteiger partial charge in [-0.3, -0.25) is 4.79 Å². The first-order chi connectivity index (χ1) is 13.0. The Balaban J connectivity index is 1.57. The van der Waals surface area contributed by atoms with Crippen molar-refractivity contribution in [3.8, 4) is 0 Å². The number of piperidine rings is 2. The standard InChI is InChI=1S/C19H26N2O5S/c22-18(20-11-3-1-4-12-20)15-26-19(23)16-7-9-17(10-8-16)27(24,25)21-13-5-2-6-14-21/h7-10H,1-6,11-15H2. The fourth-order valence-corrected chi connectivity index (χ4v) is 4.98. The van der Waals surface area contributed by atoms with Crippen LogP contribution in [0.4, 0.5) is 0 Å². The first-order valence-corrected chi connectivity index (χ1v) is 11.0. The Labute approximate surface area is 160 Å². The van der Waals surface area contributed by atoms with Gasteiger partial charge in [-0.25, -0.2) is 13.2 Å². The van der Waals surface area contributed by atoms with Crippen molar-refractivity contribution in [1.29, 1.82) is 0 Å². The van der Waals surface area contributed by atoms with Crippen LogP contribution in [0.2, 0.25) is 0 Å². The molecule has 2 heterocycles. The first kappa shape index (κ1) is 19.8. The summed E-state index contributed by atoms with van der Waals surface area (Å²) in [6, 6.07) is 5.72. The monoisotopic (exact) mass is 394 g/mol. The molecule has 2 saturated heterocycles. The summed E-state index contributed by atoms with van der Waals surface area (Å²) >= 11 is 0. The van der Waals surface area contributed by atoms with Gasteiger partial charge in [-0.05, 0) is 56.4 Å². The summed E-state index contributed by atoms with van der Waals surface area (Å²) in [5.41, 5.74) is 0.235. The lowest BCUT2D eigenvalue weighted by Gasteiger charge is -2.26. The molecule has 0 N–H and O–H groups in total. The molecule has 0 radical (unpaired) electrons. The Morgan fingerprint density at radius 1 is 0.852 bits per heavy atom. The maximum absolute atomic E-state index is 12.6. The van der Waals surface area contributed by atoms with Crippen molar-refractivity contribution in [1.82, 2.24) is 9.21 Å². The molecule has 1 amide bonds. The van der Waals surface area contributed by atoms with E-state index < -0.39 is 16.0 Å². The van der Waals surface area contributed by atoms with E-state index in [0.717, 1.165) is 38.5 Å². The summed E-state index contributed by atoms with van der Waals surface area (Å²) in [4.78, 5) is 26.1. The molecule has 8 heteroatoms. The van der Waals surface area contributed by atoms with Gasteiger partial charge in [-0.15, -0.1) is 0 Å². The van der Waals surface area contributed by atoms with Crippen molar-refractivity contribution in [2.75, 3.05) is 32.8 Å². The van der Waals surface area contributed by atoms with Gasteiger partial charge in [0.1, 0.15) is 0 Å². The molecule has 1 aromatic rings. The number of carbonyl (C=O) groups is 2. The van der Waals surface area contributed by atoms with E-state index in [4.69, 9.17) is 4.74 Å². The number of rotatable bonds is 5. The summed E-state index contributed by atoms with van der Waals surface area (Å²) in [5, 5.41) is 0. The Kier molecular flexibility index (Phi) is 6.49. The van der Waals surface area contributed by atoms with E-state index in [1.165, 1.54) is 28.6 Å². The molecule has 0 spiro atoms. The molecule has 3 rings (SSSR count). The van der Waals surface area contributed by atoms with Crippen LogP contribution in [0.5, 0.6) is 0 Å². The fraction of sp³-hybridized carbons (Fsp3) is 0.579. The van der Waals surface area contributed by atoms with Crippen molar-refractivity contribution in [3.05, 3.63) is 29.8 Å². The minimum Gasteiger partial charge on any atom is -0.452 e. The Bertz CT molecular complexity index is 764. The van der Waals surface area contributed by atoms with Crippen LogP contribution in [0.15, 0.2) is 29.2 Å². The lowest BCUT2D eigenvalue weighted by atomic mass is 10.1. The lowest BCUT2D eigenvalue weighted by molar-refractivity contribution is -0.135. The first-order valence-electron chi connectivity index (χ1n) is 9.53. The molecule has 0 bridgehead atoms. The molecule has 0 aromatic heterocycles. The van der Waals surface area contributed by atoms with Crippen molar-refractivity contribution in [2.24, 2.45) is 0 Å². The van der Waals surface area contributed by atoms with Crippen LogP contribution in [0.25, 0.3) is 0 Å². The average molecular weight is 394 g/mol. The number of ether oxygens (including phenoxy) is 1. The average Bonchev–Trinajstić information content (AvgIpc) is 2.73. The summed E-state index contributed by atoms with van der Waals surface area (Å²) in [7, 11) is -3.52. The van der Waals surface area contributed by atoms with Crippen LogP contribution in [-0.2, 0) is 19.6 Å². The lowest BCUT2D eigenvalue weighted by Crippen LogP contribution is -2.38. The van der Waals surface area contributed by atoms with Gasteiger partial charge in [0, 0.05) is 26.2 Å². The van der Waals surface area contributed by atoms with Crippen molar-refractivity contribution >= 4 is 21.9 Å². The van der Waals surface area contributed by atoms with Crippen molar-refractivity contribution in [2.45, 2.75) is 43.4 Å². The highest BCUT2D eigenvalue weighted by atomic mass is 32.2. The largest absolute Gasteiger partial charge is 0.452 e. The Morgan fingerprint density at radius 2 is 1.41 bits per heavy atom. The van der Waals surface area contributed by atoms with Gasteiger partial charge in [-0.1, -0.05) is 6.42 Å². The molecule has 0 atom stereocenters. The number of amides is 1. The molecule has 0 unspecified atom stereocenters. The van der Waals surface area contributed by atoms with Crippen molar-refractivity contribution in [3.63, 3.8) is 0 Å². The second-order valence-electron chi connectivity index (χ2n) is 7.01. The van der Waals surface area contributed by atoms with Crippen molar-refractivity contribution < 1.29 is 22.7 Å². The summed E-state index contributed by atoms with van der Waals surface area (Å²) in [6.07, 6.45) is 5.87. The van der Waals surface area contributed by atoms with Gasteiger partial charge in [0.15, 0.2) is 6.61 Å². The molecule has 7 nitrogen and oxygen atoms in total. The third kappa shape index (κ3) is 4.87. The summed E-state index contributed by atoms with van der Waals surface area (Å²) < 4.78 is 31.8. The van der Waals surface area contributed by atoms with Gasteiger partial charge >= 0.3 is 5.97 Å². The second-order valence-corrected chi connectivity index (χ2v) is 8.94. The smallest absolute Gasteiger partial charge is 0.338 e. The number of carbonyl (C=O) groups excluding carboxylic acids is 2. The van der Waals surface area contributed by atoms with Gasteiger partial charge in [0.2, 0.25) is 10.0 Å². The number of sulfonamides is 1.